The third-order valence-electron chi connectivity index (χ3n) is 5.69. The molecule has 168 valence electrons. The van der Waals surface area contributed by atoms with Gasteiger partial charge in [0.05, 0.1) is 16.6 Å². The fraction of sp³-hybridized carbons (Fsp3) is 0.120. The van der Waals surface area contributed by atoms with Crippen molar-refractivity contribution >= 4 is 34.7 Å². The van der Waals surface area contributed by atoms with Crippen LogP contribution in [0.4, 0.5) is 14.5 Å². The molecule has 1 saturated heterocycles. The van der Waals surface area contributed by atoms with Crippen LogP contribution < -0.4 is 4.90 Å². The monoisotopic (exact) mass is 469 g/mol. The molecule has 5 nitrogen and oxygen atoms in total. The van der Waals surface area contributed by atoms with Crippen LogP contribution in [-0.4, -0.2) is 21.9 Å². The molecule has 1 atom stereocenters. The van der Waals surface area contributed by atoms with Crippen LogP contribution in [0.3, 0.4) is 0 Å². The van der Waals surface area contributed by atoms with Gasteiger partial charge in [0.1, 0.15) is 11.5 Å². The topological polar surface area (TPSA) is 77.8 Å². The minimum absolute atomic E-state index is 0.0467. The Morgan fingerprint density at radius 2 is 1.67 bits per heavy atom. The van der Waals surface area contributed by atoms with Gasteiger partial charge in [0.2, 0.25) is 0 Å². The Balaban J connectivity index is 1.98. The molecular weight excluding hydrogens is 452 g/mol. The number of aliphatic hydroxyl groups excluding tert-OH is 1. The van der Waals surface area contributed by atoms with Crippen LogP contribution in [0.5, 0.6) is 5.75 Å². The first-order valence-electron chi connectivity index (χ1n) is 9.92. The van der Waals surface area contributed by atoms with E-state index in [1.807, 2.05) is 13.8 Å². The molecule has 0 aliphatic carbocycles. The van der Waals surface area contributed by atoms with Crippen molar-refractivity contribution in [1.82, 2.24) is 0 Å². The molecule has 1 aliphatic rings. The van der Waals surface area contributed by atoms with Crippen molar-refractivity contribution in [3.05, 3.63) is 99.1 Å². The fourth-order valence-corrected chi connectivity index (χ4v) is 3.98. The zero-order valence-corrected chi connectivity index (χ0v) is 18.3. The number of aryl methyl sites for hydroxylation is 2. The Morgan fingerprint density at radius 1 is 0.939 bits per heavy atom. The van der Waals surface area contributed by atoms with E-state index in [4.69, 9.17) is 11.6 Å². The number of amides is 1. The molecule has 0 radical (unpaired) electrons. The summed E-state index contributed by atoms with van der Waals surface area (Å²) in [6.07, 6.45) is 0. The molecular formula is C25H18ClF2NO4. The van der Waals surface area contributed by atoms with Gasteiger partial charge >= 0.3 is 0 Å². The summed E-state index contributed by atoms with van der Waals surface area (Å²) >= 11 is 6.06. The average Bonchev–Trinajstić information content (AvgIpc) is 3.04. The Hall–Kier alpha value is -3.71. The molecule has 33 heavy (non-hydrogen) atoms. The van der Waals surface area contributed by atoms with Crippen LogP contribution in [0.1, 0.15) is 28.3 Å². The number of carbonyl (C=O) groups excluding carboxylic acids is 2. The highest BCUT2D eigenvalue weighted by molar-refractivity contribution is 6.51. The van der Waals surface area contributed by atoms with Crippen molar-refractivity contribution < 1.29 is 28.6 Å². The SMILES string of the molecule is Cc1ccc(/C(O)=C2\C(=O)C(=O)N(c3ccc(F)c(F)c3)C2c2ccc(O)c(Cl)c2)cc1C. The van der Waals surface area contributed by atoms with E-state index < -0.39 is 35.1 Å². The van der Waals surface area contributed by atoms with Crippen LogP contribution in [0.25, 0.3) is 5.76 Å². The standard InChI is InChI=1S/C25H18ClF2NO4/c1-12-3-4-15(9-13(12)2)23(31)21-22(14-5-8-20(30)17(26)10-14)29(25(33)24(21)32)16-6-7-18(27)19(28)11-16/h3-11,22,30-31H,1-2H3/b23-21+. The number of ketones is 1. The van der Waals surface area contributed by atoms with Crippen molar-refractivity contribution in [3.8, 4) is 5.75 Å². The van der Waals surface area contributed by atoms with E-state index in [9.17, 15) is 28.6 Å². The summed E-state index contributed by atoms with van der Waals surface area (Å²) in [5.74, 6) is -4.99. The van der Waals surface area contributed by atoms with Gasteiger partial charge in [0.15, 0.2) is 11.6 Å². The molecule has 0 bridgehead atoms. The maximum atomic E-state index is 14.0. The van der Waals surface area contributed by atoms with Crippen molar-refractivity contribution in [1.29, 1.82) is 0 Å². The van der Waals surface area contributed by atoms with Crippen molar-refractivity contribution in [3.63, 3.8) is 0 Å². The lowest BCUT2D eigenvalue weighted by Crippen LogP contribution is -2.29. The number of aromatic hydroxyl groups is 1. The summed E-state index contributed by atoms with van der Waals surface area (Å²) in [6, 6.07) is 10.7. The summed E-state index contributed by atoms with van der Waals surface area (Å²) in [6.45, 7) is 3.73. The number of aliphatic hydroxyl groups is 1. The Kier molecular flexibility index (Phi) is 5.68. The number of carbonyl (C=O) groups is 2. The molecule has 1 amide bonds. The Labute approximate surface area is 193 Å². The number of nitrogens with zero attached hydrogens (tertiary/aromatic N) is 1. The van der Waals surface area contributed by atoms with Gasteiger partial charge in [-0.3, -0.25) is 14.5 Å². The normalized spacial score (nSPS) is 17.6. The predicted octanol–water partition coefficient (Wildman–Crippen LogP) is 5.57. The first-order chi connectivity index (χ1) is 15.6. The van der Waals surface area contributed by atoms with Crippen LogP contribution in [0, 0.1) is 25.5 Å². The zero-order chi connectivity index (χ0) is 24.0. The number of halogens is 3. The molecule has 0 spiro atoms. The minimum atomic E-state index is -1.20. The van der Waals surface area contributed by atoms with E-state index in [2.05, 4.69) is 0 Å². The van der Waals surface area contributed by atoms with Gasteiger partial charge in [0.25, 0.3) is 11.7 Å². The second-order valence-corrected chi connectivity index (χ2v) is 8.18. The van der Waals surface area contributed by atoms with Crippen molar-refractivity contribution in [2.24, 2.45) is 0 Å². The second kappa shape index (κ2) is 8.33. The van der Waals surface area contributed by atoms with E-state index in [1.165, 1.54) is 18.2 Å². The van der Waals surface area contributed by atoms with Crippen LogP contribution >= 0.6 is 11.6 Å². The highest BCUT2D eigenvalue weighted by atomic mass is 35.5. The van der Waals surface area contributed by atoms with E-state index in [0.717, 1.165) is 34.2 Å². The van der Waals surface area contributed by atoms with Crippen LogP contribution in [-0.2, 0) is 9.59 Å². The second-order valence-electron chi connectivity index (χ2n) is 7.78. The smallest absolute Gasteiger partial charge is 0.300 e. The Morgan fingerprint density at radius 3 is 2.30 bits per heavy atom. The molecule has 2 N–H and O–H groups in total. The summed E-state index contributed by atoms with van der Waals surface area (Å²) in [5, 5.41) is 20.9. The van der Waals surface area contributed by atoms with Gasteiger partial charge in [-0.05, 0) is 60.9 Å². The van der Waals surface area contributed by atoms with Gasteiger partial charge < -0.3 is 10.2 Å². The molecule has 1 heterocycles. The lowest BCUT2D eigenvalue weighted by Gasteiger charge is -2.25. The summed E-state index contributed by atoms with van der Waals surface area (Å²) in [5.41, 5.74) is 2.11. The zero-order valence-electron chi connectivity index (χ0n) is 17.6. The summed E-state index contributed by atoms with van der Waals surface area (Å²) < 4.78 is 27.5. The molecule has 0 saturated carbocycles. The van der Waals surface area contributed by atoms with Gasteiger partial charge in [-0.2, -0.15) is 0 Å². The minimum Gasteiger partial charge on any atom is -0.507 e. The highest BCUT2D eigenvalue weighted by Crippen LogP contribution is 2.43. The number of hydrogen-bond acceptors (Lipinski definition) is 4. The van der Waals surface area contributed by atoms with Gasteiger partial charge in [-0.1, -0.05) is 29.8 Å². The number of rotatable bonds is 3. The maximum Gasteiger partial charge on any atom is 0.300 e. The third-order valence-corrected chi connectivity index (χ3v) is 6.00. The Bertz CT molecular complexity index is 1350. The van der Waals surface area contributed by atoms with Crippen LogP contribution in [0.15, 0.2) is 60.2 Å². The lowest BCUT2D eigenvalue weighted by atomic mass is 9.94. The molecule has 1 aliphatic heterocycles. The number of phenolic OH excluding ortho intramolecular Hbond substituents is 1. The number of hydrogen-bond donors (Lipinski definition) is 2. The van der Waals surface area contributed by atoms with E-state index in [1.54, 1.807) is 18.2 Å². The molecule has 1 fully saturated rings. The quantitative estimate of drug-likeness (QED) is 0.299. The fourth-order valence-electron chi connectivity index (χ4n) is 3.79. The third kappa shape index (κ3) is 3.85. The first kappa shape index (κ1) is 22.5. The predicted molar refractivity (Wildman–Crippen MR) is 120 cm³/mol. The largest absolute Gasteiger partial charge is 0.507 e. The molecule has 0 aromatic heterocycles. The van der Waals surface area contributed by atoms with Gasteiger partial charge in [-0.25, -0.2) is 8.78 Å². The number of phenols is 1. The van der Waals surface area contributed by atoms with Crippen LogP contribution in [0.2, 0.25) is 5.02 Å². The van der Waals surface area contributed by atoms with E-state index in [0.29, 0.717) is 5.56 Å². The van der Waals surface area contributed by atoms with Crippen molar-refractivity contribution in [2.45, 2.75) is 19.9 Å². The van der Waals surface area contributed by atoms with Gasteiger partial charge in [0, 0.05) is 17.3 Å². The molecule has 3 aromatic carbocycles. The van der Waals surface area contributed by atoms with E-state index >= 15 is 0 Å². The first-order valence-corrected chi connectivity index (χ1v) is 10.3. The molecule has 8 heteroatoms. The van der Waals surface area contributed by atoms with Gasteiger partial charge in [-0.15, -0.1) is 0 Å². The van der Waals surface area contributed by atoms with Crippen molar-refractivity contribution in [2.75, 3.05) is 4.90 Å². The molecule has 3 aromatic rings. The number of benzene rings is 3. The summed E-state index contributed by atoms with van der Waals surface area (Å²) in [7, 11) is 0. The average molecular weight is 470 g/mol. The number of anilines is 1. The maximum absolute atomic E-state index is 14.0. The van der Waals surface area contributed by atoms with E-state index in [-0.39, 0.29) is 27.6 Å². The lowest BCUT2D eigenvalue weighted by molar-refractivity contribution is -0.132. The summed E-state index contributed by atoms with van der Waals surface area (Å²) in [4.78, 5) is 27.1. The highest BCUT2D eigenvalue weighted by Gasteiger charge is 2.47. The molecule has 1 unspecified atom stereocenters. The molecule has 4 rings (SSSR count). The number of Topliss-reactive ketones (excluding diaryl/α,β-unsaturated/α-hetero) is 1.